The van der Waals surface area contributed by atoms with Gasteiger partial charge in [0, 0.05) is 17.7 Å². The first-order valence-electron chi connectivity index (χ1n) is 7.13. The predicted octanol–water partition coefficient (Wildman–Crippen LogP) is 1.86. The van der Waals surface area contributed by atoms with E-state index in [1.165, 1.54) is 7.05 Å². The van der Waals surface area contributed by atoms with Gasteiger partial charge in [0.25, 0.3) is 0 Å². The molecule has 1 saturated carbocycles. The fraction of sp³-hybridized carbons (Fsp3) is 0.467. The average molecular weight is 363 g/mol. The molecule has 1 atom stereocenters. The number of likely N-dealkylation sites (N-methyl/N-ethyl adjacent to an activating group) is 1. The summed E-state index contributed by atoms with van der Waals surface area (Å²) in [7, 11) is -2.73. The summed E-state index contributed by atoms with van der Waals surface area (Å²) in [6, 6.07) is 0.605. The zero-order valence-corrected chi connectivity index (χ0v) is 13.8. The maximum absolute atomic E-state index is 12.8. The lowest BCUT2D eigenvalue weighted by Gasteiger charge is -2.17. The number of Topliss-reactive ketones (excluding diaryl/α,β-unsaturated/α-hetero) is 2. The molecule has 1 aromatic carbocycles. The Kier molecular flexibility index (Phi) is 4.87. The number of carbonyl (C=O) groups is 2. The van der Waals surface area contributed by atoms with Gasteiger partial charge in [-0.15, -0.1) is 0 Å². The Labute approximate surface area is 137 Å². The van der Waals surface area contributed by atoms with Crippen LogP contribution in [0.15, 0.2) is 23.1 Å². The summed E-state index contributed by atoms with van der Waals surface area (Å²) in [6.45, 7) is 0. The van der Waals surface area contributed by atoms with Gasteiger partial charge >= 0.3 is 6.18 Å². The van der Waals surface area contributed by atoms with Crippen molar-refractivity contribution in [2.45, 2.75) is 30.0 Å². The van der Waals surface area contributed by atoms with Crippen LogP contribution in [0.25, 0.3) is 0 Å². The van der Waals surface area contributed by atoms with E-state index in [-0.39, 0.29) is 11.7 Å². The summed E-state index contributed by atoms with van der Waals surface area (Å²) in [5, 5.41) is 2.53. The van der Waals surface area contributed by atoms with Gasteiger partial charge in [0.15, 0.2) is 21.4 Å². The lowest BCUT2D eigenvalue weighted by Crippen LogP contribution is -2.42. The van der Waals surface area contributed by atoms with Crippen molar-refractivity contribution < 1.29 is 31.2 Å². The summed E-state index contributed by atoms with van der Waals surface area (Å²) in [4.78, 5) is 23.9. The third kappa shape index (κ3) is 3.84. The van der Waals surface area contributed by atoms with Crippen molar-refractivity contribution in [1.29, 1.82) is 0 Å². The number of benzene rings is 1. The number of halogens is 3. The molecule has 1 fully saturated rings. The minimum atomic E-state index is -4.74. The first-order chi connectivity index (χ1) is 11.0. The molecule has 2 rings (SSSR count). The van der Waals surface area contributed by atoms with E-state index in [1.807, 2.05) is 0 Å². The van der Waals surface area contributed by atoms with Crippen LogP contribution >= 0.6 is 0 Å². The smallest absolute Gasteiger partial charge is 0.304 e. The fourth-order valence-electron chi connectivity index (χ4n) is 2.37. The Morgan fingerprint density at radius 3 is 2.25 bits per heavy atom. The van der Waals surface area contributed by atoms with Gasteiger partial charge in [0.2, 0.25) is 0 Å². The second-order valence-corrected chi connectivity index (χ2v) is 7.73. The predicted molar refractivity (Wildman–Crippen MR) is 79.5 cm³/mol. The SMILES string of the molecule is CNC(C(=O)c1ccc(C(F)(F)F)cc1S(C)(=O)=O)C(=O)C1CC1. The molecule has 1 aliphatic carbocycles. The summed E-state index contributed by atoms with van der Waals surface area (Å²) >= 11 is 0. The highest BCUT2D eigenvalue weighted by molar-refractivity contribution is 7.90. The van der Waals surface area contributed by atoms with Gasteiger partial charge in [-0.05, 0) is 38.1 Å². The van der Waals surface area contributed by atoms with Crippen molar-refractivity contribution in [3.63, 3.8) is 0 Å². The number of alkyl halides is 3. The minimum Gasteiger partial charge on any atom is -0.304 e. The van der Waals surface area contributed by atoms with Crippen molar-refractivity contribution in [2.24, 2.45) is 5.92 Å². The maximum atomic E-state index is 12.8. The van der Waals surface area contributed by atoms with Gasteiger partial charge in [-0.25, -0.2) is 8.42 Å². The van der Waals surface area contributed by atoms with Crippen LogP contribution in [0.5, 0.6) is 0 Å². The maximum Gasteiger partial charge on any atom is 0.416 e. The lowest BCUT2D eigenvalue weighted by molar-refractivity contribution is -0.137. The van der Waals surface area contributed by atoms with Gasteiger partial charge in [-0.2, -0.15) is 13.2 Å². The number of rotatable bonds is 6. The zero-order valence-electron chi connectivity index (χ0n) is 13.0. The van der Waals surface area contributed by atoms with Gasteiger partial charge in [-0.1, -0.05) is 0 Å². The summed E-state index contributed by atoms with van der Waals surface area (Å²) < 4.78 is 62.1. The molecule has 0 aromatic heterocycles. The molecule has 9 heteroatoms. The molecule has 1 N–H and O–H groups in total. The summed E-state index contributed by atoms with van der Waals surface area (Å²) in [5.41, 5.74) is -1.59. The molecule has 0 heterocycles. The molecule has 0 bridgehead atoms. The molecule has 0 saturated heterocycles. The van der Waals surface area contributed by atoms with Crippen LogP contribution in [0, 0.1) is 5.92 Å². The molecule has 1 unspecified atom stereocenters. The quantitative estimate of drug-likeness (QED) is 0.616. The van der Waals surface area contributed by atoms with Gasteiger partial charge in [-0.3, -0.25) is 9.59 Å². The van der Waals surface area contributed by atoms with E-state index in [0.717, 1.165) is 12.3 Å². The van der Waals surface area contributed by atoms with E-state index in [9.17, 15) is 31.2 Å². The van der Waals surface area contributed by atoms with Crippen LogP contribution < -0.4 is 5.32 Å². The normalized spacial score (nSPS) is 16.7. The highest BCUT2D eigenvalue weighted by Gasteiger charge is 2.39. The van der Waals surface area contributed by atoms with E-state index < -0.39 is 43.9 Å². The standard InChI is InChI=1S/C15H16F3NO4S/c1-19-12(13(20)8-3-4-8)14(21)10-6-5-9(15(16,17)18)7-11(10)24(2,22)23/h5-8,12,19H,3-4H2,1-2H3. The number of carbonyl (C=O) groups excluding carboxylic acids is 2. The van der Waals surface area contributed by atoms with Crippen LogP contribution in [0.3, 0.4) is 0 Å². The van der Waals surface area contributed by atoms with Crippen LogP contribution in [0.2, 0.25) is 0 Å². The van der Waals surface area contributed by atoms with Crippen LogP contribution in [0.4, 0.5) is 13.2 Å². The Morgan fingerprint density at radius 2 is 1.83 bits per heavy atom. The summed E-state index contributed by atoms with van der Waals surface area (Å²) in [5.74, 6) is -1.48. The van der Waals surface area contributed by atoms with E-state index in [4.69, 9.17) is 0 Å². The number of hydrogen-bond acceptors (Lipinski definition) is 5. The Morgan fingerprint density at radius 1 is 1.25 bits per heavy atom. The van der Waals surface area contributed by atoms with Crippen molar-refractivity contribution in [3.05, 3.63) is 29.3 Å². The molecule has 0 amide bonds. The number of hydrogen-bond donors (Lipinski definition) is 1. The number of sulfone groups is 1. The van der Waals surface area contributed by atoms with Crippen molar-refractivity contribution in [3.8, 4) is 0 Å². The molecule has 0 spiro atoms. The molecule has 5 nitrogen and oxygen atoms in total. The van der Waals surface area contributed by atoms with Crippen LogP contribution in [0.1, 0.15) is 28.8 Å². The Bertz CT molecular complexity index is 782. The highest BCUT2D eigenvalue weighted by Crippen LogP contribution is 2.34. The third-order valence-electron chi connectivity index (χ3n) is 3.79. The first-order valence-corrected chi connectivity index (χ1v) is 9.02. The van der Waals surface area contributed by atoms with Gasteiger partial charge in [0.05, 0.1) is 10.5 Å². The second kappa shape index (κ2) is 6.29. The van der Waals surface area contributed by atoms with Crippen molar-refractivity contribution >= 4 is 21.4 Å². The average Bonchev–Trinajstić information content (AvgIpc) is 3.29. The van der Waals surface area contributed by atoms with Crippen LogP contribution in [-0.4, -0.2) is 39.3 Å². The largest absolute Gasteiger partial charge is 0.416 e. The topological polar surface area (TPSA) is 80.3 Å². The Hall–Kier alpha value is -1.74. The highest BCUT2D eigenvalue weighted by atomic mass is 32.2. The molecule has 1 aromatic rings. The van der Waals surface area contributed by atoms with Gasteiger partial charge in [0.1, 0.15) is 6.04 Å². The van der Waals surface area contributed by atoms with E-state index in [2.05, 4.69) is 5.32 Å². The van der Waals surface area contributed by atoms with E-state index in [1.54, 1.807) is 0 Å². The monoisotopic (exact) mass is 363 g/mol. The number of ketones is 2. The molecule has 0 radical (unpaired) electrons. The summed E-state index contributed by atoms with van der Waals surface area (Å²) in [6.07, 6.45) is -2.73. The molecule has 24 heavy (non-hydrogen) atoms. The van der Waals surface area contributed by atoms with Crippen LogP contribution in [-0.2, 0) is 20.8 Å². The molecular formula is C15H16F3NO4S. The van der Waals surface area contributed by atoms with E-state index >= 15 is 0 Å². The lowest BCUT2D eigenvalue weighted by atomic mass is 9.97. The molecular weight excluding hydrogens is 347 g/mol. The second-order valence-electron chi connectivity index (χ2n) is 5.74. The molecule has 1 aliphatic rings. The third-order valence-corrected chi connectivity index (χ3v) is 4.93. The molecule has 0 aliphatic heterocycles. The van der Waals surface area contributed by atoms with Crippen molar-refractivity contribution in [2.75, 3.05) is 13.3 Å². The Balaban J connectivity index is 2.52. The van der Waals surface area contributed by atoms with Gasteiger partial charge < -0.3 is 5.32 Å². The van der Waals surface area contributed by atoms with E-state index in [0.29, 0.717) is 25.0 Å². The zero-order chi connectivity index (χ0) is 18.3. The first kappa shape index (κ1) is 18.6. The minimum absolute atomic E-state index is 0.262. The fourth-order valence-corrected chi connectivity index (χ4v) is 3.28. The number of nitrogens with one attached hydrogen (secondary N) is 1. The van der Waals surface area contributed by atoms with Crippen molar-refractivity contribution in [1.82, 2.24) is 5.32 Å². The molecule has 132 valence electrons.